The van der Waals surface area contributed by atoms with Crippen LogP contribution in [0.15, 0.2) is 103 Å². The van der Waals surface area contributed by atoms with Crippen molar-refractivity contribution in [2.45, 2.75) is 54.0 Å². The SMILES string of the molecule is O=C(N[C@H](/C=C/C1CCCCC1)CCOC(c1ccccc1)(c1ccccc1)c1ccccc1)C(Cl)(Cl)Cl. The Balaban J connectivity index is 1.63. The van der Waals surface area contributed by atoms with Crippen molar-refractivity contribution >= 4 is 40.7 Å². The first-order valence-electron chi connectivity index (χ1n) is 13.3. The molecule has 4 rings (SSSR count). The van der Waals surface area contributed by atoms with E-state index in [0.717, 1.165) is 29.5 Å². The molecule has 3 aromatic rings. The van der Waals surface area contributed by atoms with Crippen molar-refractivity contribution in [2.24, 2.45) is 5.92 Å². The first kappa shape index (κ1) is 28.7. The van der Waals surface area contributed by atoms with E-state index >= 15 is 0 Å². The van der Waals surface area contributed by atoms with Gasteiger partial charge in [-0.15, -0.1) is 0 Å². The standard InChI is InChI=1S/C32H34Cl3NO2/c33-32(34,35)30(37)36-29(22-21-25-13-5-1-6-14-25)23-24-38-31(26-15-7-2-8-16-26,27-17-9-3-10-18-27)28-19-11-4-12-20-28/h2-4,7-12,15-22,25,29H,1,5-6,13-14,23-24H2,(H,36,37)/b22-21+/t29-/m1/s1. The topological polar surface area (TPSA) is 38.3 Å². The summed E-state index contributed by atoms with van der Waals surface area (Å²) in [5, 5.41) is 2.90. The summed E-state index contributed by atoms with van der Waals surface area (Å²) in [7, 11) is 0. The number of halogens is 3. The Morgan fingerprint density at radius 3 is 1.74 bits per heavy atom. The van der Waals surface area contributed by atoms with E-state index in [4.69, 9.17) is 39.5 Å². The molecule has 0 aliphatic heterocycles. The number of carbonyl (C=O) groups excluding carboxylic acids is 1. The molecule has 1 saturated carbocycles. The minimum Gasteiger partial charge on any atom is -0.361 e. The molecule has 0 bridgehead atoms. The van der Waals surface area contributed by atoms with Gasteiger partial charge in [0.05, 0.1) is 6.61 Å². The van der Waals surface area contributed by atoms with Crippen molar-refractivity contribution < 1.29 is 9.53 Å². The van der Waals surface area contributed by atoms with Gasteiger partial charge in [-0.05, 0) is 41.9 Å². The van der Waals surface area contributed by atoms with E-state index in [1.54, 1.807) is 0 Å². The molecule has 0 saturated heterocycles. The molecular formula is C32H34Cl3NO2. The van der Waals surface area contributed by atoms with Gasteiger partial charge in [-0.25, -0.2) is 0 Å². The molecule has 0 radical (unpaired) electrons. The lowest BCUT2D eigenvalue weighted by molar-refractivity contribution is -0.120. The van der Waals surface area contributed by atoms with Gasteiger partial charge in [0.1, 0.15) is 5.60 Å². The molecule has 0 heterocycles. The van der Waals surface area contributed by atoms with E-state index in [-0.39, 0.29) is 6.04 Å². The van der Waals surface area contributed by atoms with Crippen molar-refractivity contribution in [2.75, 3.05) is 6.61 Å². The quantitative estimate of drug-likeness (QED) is 0.151. The fourth-order valence-corrected chi connectivity index (χ4v) is 5.36. The van der Waals surface area contributed by atoms with Crippen LogP contribution in [-0.2, 0) is 15.1 Å². The lowest BCUT2D eigenvalue weighted by Crippen LogP contribution is -2.42. The van der Waals surface area contributed by atoms with E-state index in [2.05, 4.69) is 47.8 Å². The van der Waals surface area contributed by atoms with Crippen molar-refractivity contribution in [3.05, 3.63) is 120 Å². The second-order valence-corrected chi connectivity index (χ2v) is 12.1. The molecule has 200 valence electrons. The summed E-state index contributed by atoms with van der Waals surface area (Å²) in [5.74, 6) is -0.130. The van der Waals surface area contributed by atoms with Gasteiger partial charge in [-0.1, -0.05) is 157 Å². The average molecular weight is 571 g/mol. The molecule has 38 heavy (non-hydrogen) atoms. The second-order valence-electron chi connectivity index (χ2n) is 9.78. The number of allylic oxidation sites excluding steroid dienone is 1. The number of amides is 1. The van der Waals surface area contributed by atoms with Crippen LogP contribution in [0.1, 0.15) is 55.2 Å². The molecule has 3 aromatic carbocycles. The summed E-state index contributed by atoms with van der Waals surface area (Å²) in [6.45, 7) is 0.360. The maximum absolute atomic E-state index is 12.6. The summed E-state index contributed by atoms with van der Waals surface area (Å²) >= 11 is 17.7. The van der Waals surface area contributed by atoms with Gasteiger partial charge in [0.2, 0.25) is 0 Å². The molecule has 1 aliphatic carbocycles. The highest BCUT2D eigenvalue weighted by atomic mass is 35.6. The Hall–Kier alpha value is -2.30. The van der Waals surface area contributed by atoms with Crippen LogP contribution in [-0.4, -0.2) is 22.3 Å². The van der Waals surface area contributed by atoms with Crippen LogP contribution in [0, 0.1) is 5.92 Å². The van der Waals surface area contributed by atoms with Crippen LogP contribution in [0.25, 0.3) is 0 Å². The Morgan fingerprint density at radius 1 is 0.816 bits per heavy atom. The molecule has 3 nitrogen and oxygen atoms in total. The third kappa shape index (κ3) is 7.42. The molecule has 1 fully saturated rings. The van der Waals surface area contributed by atoms with Gasteiger partial charge >= 0.3 is 0 Å². The summed E-state index contributed by atoms with van der Waals surface area (Å²) < 4.78 is 4.87. The van der Waals surface area contributed by atoms with Crippen molar-refractivity contribution in [3.8, 4) is 0 Å². The Kier molecular flexibility index (Phi) is 10.3. The zero-order chi connectivity index (χ0) is 26.8. The minimum atomic E-state index is -2.03. The van der Waals surface area contributed by atoms with Gasteiger partial charge in [0, 0.05) is 6.04 Å². The number of benzene rings is 3. The van der Waals surface area contributed by atoms with Crippen LogP contribution in [0.3, 0.4) is 0 Å². The summed E-state index contributed by atoms with van der Waals surface area (Å²) in [6.07, 6.45) is 10.9. The molecule has 0 aromatic heterocycles. The maximum Gasteiger partial charge on any atom is 0.272 e. The van der Waals surface area contributed by atoms with Crippen molar-refractivity contribution in [1.82, 2.24) is 5.32 Å². The number of ether oxygens (including phenoxy) is 1. The summed E-state index contributed by atoms with van der Waals surface area (Å²) in [4.78, 5) is 12.6. The highest BCUT2D eigenvalue weighted by molar-refractivity contribution is 6.76. The Morgan fingerprint density at radius 2 is 1.29 bits per heavy atom. The smallest absolute Gasteiger partial charge is 0.272 e. The van der Waals surface area contributed by atoms with Gasteiger partial charge in [0.15, 0.2) is 0 Å². The molecule has 0 unspecified atom stereocenters. The van der Waals surface area contributed by atoms with Gasteiger partial charge < -0.3 is 10.1 Å². The zero-order valence-electron chi connectivity index (χ0n) is 21.4. The summed E-state index contributed by atoms with van der Waals surface area (Å²) in [6, 6.07) is 30.3. The van der Waals surface area contributed by atoms with E-state index in [1.165, 1.54) is 19.3 Å². The van der Waals surface area contributed by atoms with Crippen molar-refractivity contribution in [1.29, 1.82) is 0 Å². The lowest BCUT2D eigenvalue weighted by atomic mass is 9.80. The number of carbonyl (C=O) groups is 1. The molecule has 1 atom stereocenters. The third-order valence-electron chi connectivity index (χ3n) is 7.13. The van der Waals surface area contributed by atoms with Gasteiger partial charge in [-0.2, -0.15) is 0 Å². The van der Waals surface area contributed by atoms with E-state index < -0.39 is 15.3 Å². The first-order chi connectivity index (χ1) is 18.4. The summed E-state index contributed by atoms with van der Waals surface area (Å²) in [5.41, 5.74) is 2.24. The monoisotopic (exact) mass is 569 g/mol. The molecule has 1 amide bonds. The number of rotatable bonds is 10. The van der Waals surface area contributed by atoms with E-state index in [9.17, 15) is 4.79 Å². The molecule has 1 aliphatic rings. The third-order valence-corrected chi connectivity index (χ3v) is 7.64. The predicted octanol–water partition coefficient (Wildman–Crippen LogP) is 8.38. The van der Waals surface area contributed by atoms with Crippen LogP contribution in [0.2, 0.25) is 0 Å². The van der Waals surface area contributed by atoms with Crippen LogP contribution in [0.4, 0.5) is 0 Å². The number of hydrogen-bond acceptors (Lipinski definition) is 2. The van der Waals surface area contributed by atoms with Gasteiger partial charge in [0.25, 0.3) is 9.70 Å². The van der Waals surface area contributed by atoms with Crippen LogP contribution < -0.4 is 5.32 Å². The largest absolute Gasteiger partial charge is 0.361 e. The Bertz CT molecular complexity index is 1060. The van der Waals surface area contributed by atoms with Gasteiger partial charge in [-0.3, -0.25) is 4.79 Å². The average Bonchev–Trinajstić information content (AvgIpc) is 2.95. The normalized spacial score (nSPS) is 15.9. The molecule has 0 spiro atoms. The van der Waals surface area contributed by atoms with Crippen LogP contribution in [0.5, 0.6) is 0 Å². The lowest BCUT2D eigenvalue weighted by Gasteiger charge is -2.36. The fraction of sp³-hybridized carbons (Fsp3) is 0.344. The second kappa shape index (κ2) is 13.7. The van der Waals surface area contributed by atoms with E-state index in [1.807, 2.05) is 60.7 Å². The predicted molar refractivity (Wildman–Crippen MR) is 158 cm³/mol. The first-order valence-corrected chi connectivity index (χ1v) is 14.4. The minimum absolute atomic E-state index is 0.333. The number of alkyl halides is 3. The fourth-order valence-electron chi connectivity index (χ4n) is 5.19. The zero-order valence-corrected chi connectivity index (χ0v) is 23.6. The number of hydrogen-bond donors (Lipinski definition) is 1. The Labute approximate surface area is 241 Å². The molecular weight excluding hydrogens is 537 g/mol. The highest BCUT2D eigenvalue weighted by Crippen LogP contribution is 2.40. The number of nitrogens with one attached hydrogen (secondary N) is 1. The van der Waals surface area contributed by atoms with E-state index in [0.29, 0.717) is 18.9 Å². The van der Waals surface area contributed by atoms with Crippen molar-refractivity contribution in [3.63, 3.8) is 0 Å². The highest BCUT2D eigenvalue weighted by Gasteiger charge is 2.38. The maximum atomic E-state index is 12.6. The molecule has 6 heteroatoms. The van der Waals surface area contributed by atoms with Crippen LogP contribution >= 0.6 is 34.8 Å². The molecule has 1 N–H and O–H groups in total.